The quantitative estimate of drug-likeness (QED) is 0.287. The Hall–Kier alpha value is -3.61. The van der Waals surface area contributed by atoms with Crippen molar-refractivity contribution in [3.05, 3.63) is 89.6 Å². The lowest BCUT2D eigenvalue weighted by molar-refractivity contribution is 1.23. The first-order valence-electron chi connectivity index (χ1n) is 10.7. The molecule has 160 valence electrons. The van der Waals surface area contributed by atoms with Crippen molar-refractivity contribution in [2.45, 2.75) is 13.8 Å². The maximum absolute atomic E-state index is 4.80. The van der Waals surface area contributed by atoms with Gasteiger partial charge in [-0.3, -0.25) is 0 Å². The molecule has 0 aliphatic rings. The van der Waals surface area contributed by atoms with Crippen LogP contribution in [0, 0.1) is 13.8 Å². The summed E-state index contributed by atoms with van der Waals surface area (Å²) >= 11 is 3.37. The third-order valence-corrected chi connectivity index (χ3v) is 7.62. The zero-order valence-electron chi connectivity index (χ0n) is 18.2. The Kier molecular flexibility index (Phi) is 4.89. The number of hydrogen-bond acceptors (Lipinski definition) is 6. The normalized spacial score (nSPS) is 11.3. The van der Waals surface area contributed by atoms with E-state index in [4.69, 9.17) is 4.98 Å². The molecule has 3 aromatic heterocycles. The molecule has 1 N–H and O–H groups in total. The molecule has 0 bridgehead atoms. The van der Waals surface area contributed by atoms with Crippen LogP contribution in [0.15, 0.2) is 78.4 Å². The number of thiazole rings is 1. The van der Waals surface area contributed by atoms with Crippen LogP contribution in [0.3, 0.4) is 0 Å². The van der Waals surface area contributed by atoms with E-state index >= 15 is 0 Å². The largest absolute Gasteiger partial charge is 0.340 e. The molecule has 0 saturated carbocycles. The van der Waals surface area contributed by atoms with Crippen LogP contribution in [0.1, 0.15) is 11.1 Å². The van der Waals surface area contributed by atoms with E-state index in [2.05, 4.69) is 101 Å². The fraction of sp³-hybridized carbons (Fsp3) is 0.0741. The van der Waals surface area contributed by atoms with Gasteiger partial charge in [-0.1, -0.05) is 35.9 Å². The molecule has 0 aliphatic heterocycles. The van der Waals surface area contributed by atoms with E-state index < -0.39 is 0 Å². The van der Waals surface area contributed by atoms with Crippen LogP contribution in [0.2, 0.25) is 0 Å². The number of benzene rings is 3. The number of aromatic nitrogens is 3. The zero-order valence-corrected chi connectivity index (χ0v) is 19.8. The Morgan fingerprint density at radius 3 is 2.36 bits per heavy atom. The van der Waals surface area contributed by atoms with Gasteiger partial charge in [-0.15, -0.1) is 22.7 Å². The molecule has 6 rings (SSSR count). The van der Waals surface area contributed by atoms with Crippen LogP contribution in [-0.4, -0.2) is 15.0 Å². The topological polar surface area (TPSA) is 50.7 Å². The Balaban J connectivity index is 1.33. The molecule has 0 saturated heterocycles. The van der Waals surface area contributed by atoms with Crippen LogP contribution < -0.4 is 5.32 Å². The first kappa shape index (κ1) is 20.0. The van der Waals surface area contributed by atoms with Crippen LogP contribution in [0.25, 0.3) is 42.1 Å². The summed E-state index contributed by atoms with van der Waals surface area (Å²) in [7, 11) is 0. The first-order chi connectivity index (χ1) is 16.1. The highest BCUT2D eigenvalue weighted by Gasteiger charge is 2.14. The van der Waals surface area contributed by atoms with Gasteiger partial charge >= 0.3 is 0 Å². The van der Waals surface area contributed by atoms with Crippen molar-refractivity contribution in [1.29, 1.82) is 0 Å². The molecule has 0 unspecified atom stereocenters. The molecule has 0 atom stereocenters. The fourth-order valence-corrected chi connectivity index (χ4v) is 5.89. The lowest BCUT2D eigenvalue weighted by atomic mass is 10.0. The van der Waals surface area contributed by atoms with Crippen molar-refractivity contribution < 1.29 is 0 Å². The summed E-state index contributed by atoms with van der Waals surface area (Å²) in [6, 6.07) is 23.4. The maximum Gasteiger partial charge on any atom is 0.143 e. The van der Waals surface area contributed by atoms with Crippen molar-refractivity contribution >= 4 is 54.6 Å². The molecule has 0 aliphatic carbocycles. The lowest BCUT2D eigenvalue weighted by Gasteiger charge is -2.09. The molecule has 0 amide bonds. The molecule has 33 heavy (non-hydrogen) atoms. The molecule has 3 heterocycles. The van der Waals surface area contributed by atoms with Gasteiger partial charge in [0.2, 0.25) is 0 Å². The summed E-state index contributed by atoms with van der Waals surface area (Å²) in [5.41, 5.74) is 7.97. The summed E-state index contributed by atoms with van der Waals surface area (Å²) in [5, 5.41) is 7.75. The van der Waals surface area contributed by atoms with Crippen LogP contribution in [0.4, 0.5) is 11.5 Å². The van der Waals surface area contributed by atoms with Gasteiger partial charge in [0, 0.05) is 22.2 Å². The number of anilines is 2. The van der Waals surface area contributed by atoms with Gasteiger partial charge in [0.05, 0.1) is 15.6 Å². The maximum atomic E-state index is 4.80. The monoisotopic (exact) mass is 464 g/mol. The number of thiophene rings is 1. The highest BCUT2D eigenvalue weighted by atomic mass is 32.1. The summed E-state index contributed by atoms with van der Waals surface area (Å²) in [5.74, 6) is 0.819. The molecule has 6 aromatic rings. The first-order valence-corrected chi connectivity index (χ1v) is 12.4. The smallest absolute Gasteiger partial charge is 0.143 e. The predicted octanol–water partition coefficient (Wildman–Crippen LogP) is 8.00. The van der Waals surface area contributed by atoms with Gasteiger partial charge in [0.1, 0.15) is 22.0 Å². The van der Waals surface area contributed by atoms with E-state index in [1.807, 2.05) is 0 Å². The van der Waals surface area contributed by atoms with E-state index in [0.29, 0.717) is 0 Å². The Morgan fingerprint density at radius 2 is 1.55 bits per heavy atom. The van der Waals surface area contributed by atoms with Gasteiger partial charge in [-0.05, 0) is 61.4 Å². The van der Waals surface area contributed by atoms with Gasteiger partial charge in [0.15, 0.2) is 0 Å². The summed E-state index contributed by atoms with van der Waals surface area (Å²) in [6.45, 7) is 4.21. The summed E-state index contributed by atoms with van der Waals surface area (Å²) < 4.78 is 1.22. The molecule has 3 aromatic carbocycles. The van der Waals surface area contributed by atoms with E-state index in [0.717, 1.165) is 43.4 Å². The van der Waals surface area contributed by atoms with Crippen molar-refractivity contribution in [1.82, 2.24) is 15.0 Å². The van der Waals surface area contributed by atoms with Crippen molar-refractivity contribution in [2.75, 3.05) is 5.32 Å². The number of nitrogens with one attached hydrogen (secondary N) is 1. The zero-order chi connectivity index (χ0) is 22.4. The highest BCUT2D eigenvalue weighted by molar-refractivity contribution is 7.21. The lowest BCUT2D eigenvalue weighted by Crippen LogP contribution is -1.95. The second-order valence-corrected chi connectivity index (χ2v) is 10.00. The minimum Gasteiger partial charge on any atom is -0.340 e. The average Bonchev–Trinajstić information content (AvgIpc) is 3.45. The standard InChI is InChI=1S/C27H20N4S2/c1-16-3-6-18(7-4-16)21-14-32-27-24(21)25(28-15-29-27)30-20-10-8-19(9-11-20)26-31-22-12-5-17(2)13-23(22)33-26/h3-15H,1-2H3,(H,28,29,30). The van der Waals surface area contributed by atoms with Gasteiger partial charge in [-0.25, -0.2) is 15.0 Å². The number of aryl methyl sites for hydroxylation is 2. The fourth-order valence-electron chi connectivity index (χ4n) is 3.90. The number of rotatable bonds is 4. The average molecular weight is 465 g/mol. The third kappa shape index (κ3) is 3.77. The predicted molar refractivity (Wildman–Crippen MR) is 141 cm³/mol. The number of nitrogens with zero attached hydrogens (tertiary/aromatic N) is 3. The van der Waals surface area contributed by atoms with Crippen molar-refractivity contribution in [3.63, 3.8) is 0 Å². The highest BCUT2D eigenvalue weighted by Crippen LogP contribution is 2.38. The minimum absolute atomic E-state index is 0.819. The number of fused-ring (bicyclic) bond motifs is 2. The van der Waals surface area contributed by atoms with E-state index in [1.54, 1.807) is 29.0 Å². The van der Waals surface area contributed by atoms with Crippen LogP contribution >= 0.6 is 22.7 Å². The Morgan fingerprint density at radius 1 is 0.788 bits per heavy atom. The SMILES string of the molecule is Cc1ccc(-c2csc3ncnc(Nc4ccc(-c5nc6ccc(C)cc6s5)cc4)c23)cc1. The van der Waals surface area contributed by atoms with E-state index in [1.165, 1.54) is 21.4 Å². The number of hydrogen-bond donors (Lipinski definition) is 1. The summed E-state index contributed by atoms with van der Waals surface area (Å²) in [4.78, 5) is 14.8. The third-order valence-electron chi connectivity index (χ3n) is 5.67. The second-order valence-electron chi connectivity index (χ2n) is 8.11. The van der Waals surface area contributed by atoms with Gasteiger partial charge in [-0.2, -0.15) is 0 Å². The molecule has 0 fully saturated rings. The Bertz CT molecular complexity index is 1600. The molecule has 0 radical (unpaired) electrons. The van der Waals surface area contributed by atoms with Crippen molar-refractivity contribution in [3.8, 4) is 21.7 Å². The van der Waals surface area contributed by atoms with Gasteiger partial charge in [0.25, 0.3) is 0 Å². The van der Waals surface area contributed by atoms with Crippen LogP contribution in [0.5, 0.6) is 0 Å². The molecular weight excluding hydrogens is 444 g/mol. The summed E-state index contributed by atoms with van der Waals surface area (Å²) in [6.07, 6.45) is 1.62. The van der Waals surface area contributed by atoms with Gasteiger partial charge < -0.3 is 5.32 Å². The molecular formula is C27H20N4S2. The van der Waals surface area contributed by atoms with Crippen LogP contribution in [-0.2, 0) is 0 Å². The minimum atomic E-state index is 0.819. The second kappa shape index (κ2) is 8.06. The van der Waals surface area contributed by atoms with E-state index in [9.17, 15) is 0 Å². The van der Waals surface area contributed by atoms with E-state index in [-0.39, 0.29) is 0 Å². The molecule has 4 nitrogen and oxygen atoms in total. The molecule has 6 heteroatoms. The Labute approximate surface area is 199 Å². The van der Waals surface area contributed by atoms with Crippen molar-refractivity contribution in [2.24, 2.45) is 0 Å². The molecule has 0 spiro atoms.